The second-order valence-electron chi connectivity index (χ2n) is 5.81. The van der Waals surface area contributed by atoms with Gasteiger partial charge in [0.25, 0.3) is 0 Å². The zero-order valence-electron chi connectivity index (χ0n) is 14.6. The first-order valence-corrected chi connectivity index (χ1v) is 8.29. The highest BCUT2D eigenvalue weighted by Crippen LogP contribution is 2.31. The fourth-order valence-corrected chi connectivity index (χ4v) is 2.91. The number of piperazine rings is 1. The van der Waals surface area contributed by atoms with Gasteiger partial charge in [-0.05, 0) is 24.3 Å². The summed E-state index contributed by atoms with van der Waals surface area (Å²) in [7, 11) is 3.26. The molecule has 2 aromatic rings. The number of ether oxygens (including phenoxy) is 2. The quantitative estimate of drug-likeness (QED) is 0.929. The summed E-state index contributed by atoms with van der Waals surface area (Å²) in [6, 6.07) is 15.4. The van der Waals surface area contributed by atoms with Crippen LogP contribution in [0.25, 0.3) is 0 Å². The average molecular weight is 341 g/mol. The number of amides is 2. The molecule has 6 heteroatoms. The van der Waals surface area contributed by atoms with Gasteiger partial charge in [0.15, 0.2) is 11.5 Å². The number of nitrogens with one attached hydrogen (secondary N) is 1. The van der Waals surface area contributed by atoms with E-state index in [-0.39, 0.29) is 6.03 Å². The molecular formula is C19H23N3O3. The number of rotatable bonds is 4. The van der Waals surface area contributed by atoms with Crippen molar-refractivity contribution in [1.82, 2.24) is 4.90 Å². The lowest BCUT2D eigenvalue weighted by Crippen LogP contribution is -2.50. The number of hydrogen-bond donors (Lipinski definition) is 1. The Hall–Kier alpha value is -2.89. The summed E-state index contributed by atoms with van der Waals surface area (Å²) in [5.74, 6) is 1.43. The zero-order valence-corrected chi connectivity index (χ0v) is 14.6. The third kappa shape index (κ3) is 3.96. The molecular weight excluding hydrogens is 318 g/mol. The van der Waals surface area contributed by atoms with Crippen LogP contribution in [0.2, 0.25) is 0 Å². The van der Waals surface area contributed by atoms with Gasteiger partial charge < -0.3 is 24.6 Å². The van der Waals surface area contributed by atoms with E-state index in [9.17, 15) is 4.79 Å². The number of anilines is 2. The topological polar surface area (TPSA) is 54.0 Å². The average Bonchev–Trinajstić information content (AvgIpc) is 2.68. The summed E-state index contributed by atoms with van der Waals surface area (Å²) in [6.07, 6.45) is 0. The second kappa shape index (κ2) is 7.79. The second-order valence-corrected chi connectivity index (χ2v) is 5.81. The lowest BCUT2D eigenvalue weighted by Gasteiger charge is -2.36. The van der Waals surface area contributed by atoms with Crippen LogP contribution < -0.4 is 19.7 Å². The Kier molecular flexibility index (Phi) is 5.28. The summed E-state index contributed by atoms with van der Waals surface area (Å²) >= 11 is 0. The van der Waals surface area contributed by atoms with Crippen LogP contribution in [0.15, 0.2) is 48.5 Å². The van der Waals surface area contributed by atoms with Gasteiger partial charge in [0, 0.05) is 43.6 Å². The van der Waals surface area contributed by atoms with Crippen molar-refractivity contribution in [2.45, 2.75) is 0 Å². The first kappa shape index (κ1) is 17.0. The van der Waals surface area contributed by atoms with Crippen molar-refractivity contribution in [3.63, 3.8) is 0 Å². The molecule has 1 heterocycles. The summed E-state index contributed by atoms with van der Waals surface area (Å²) in [5.41, 5.74) is 1.88. The normalized spacial score (nSPS) is 14.2. The van der Waals surface area contributed by atoms with E-state index in [1.54, 1.807) is 14.2 Å². The van der Waals surface area contributed by atoms with Crippen molar-refractivity contribution >= 4 is 17.4 Å². The summed E-state index contributed by atoms with van der Waals surface area (Å²) in [5, 5.41) is 2.93. The number of urea groups is 1. The Morgan fingerprint density at radius 1 is 0.920 bits per heavy atom. The minimum atomic E-state index is -0.0573. The van der Waals surface area contributed by atoms with Gasteiger partial charge in [-0.3, -0.25) is 0 Å². The summed E-state index contributed by atoms with van der Waals surface area (Å²) in [4.78, 5) is 16.4. The van der Waals surface area contributed by atoms with Crippen LogP contribution in [0, 0.1) is 0 Å². The van der Waals surface area contributed by atoms with Crippen LogP contribution in [0.3, 0.4) is 0 Å². The summed E-state index contributed by atoms with van der Waals surface area (Å²) < 4.78 is 10.6. The van der Waals surface area contributed by atoms with E-state index in [1.165, 1.54) is 0 Å². The monoisotopic (exact) mass is 341 g/mol. The third-order valence-electron chi connectivity index (χ3n) is 4.32. The molecule has 1 aliphatic rings. The van der Waals surface area contributed by atoms with Gasteiger partial charge in [-0.15, -0.1) is 0 Å². The standard InChI is InChI=1S/C19H23N3O3/c1-24-17-9-8-16(14-18(17)25-2)21-10-12-22(13-11-21)19(23)20-15-6-4-3-5-7-15/h3-9,14H,10-13H2,1-2H3,(H,20,23). The smallest absolute Gasteiger partial charge is 0.321 e. The van der Waals surface area contributed by atoms with Gasteiger partial charge in [0.2, 0.25) is 0 Å². The molecule has 1 aliphatic heterocycles. The Labute approximate surface area is 147 Å². The van der Waals surface area contributed by atoms with Crippen molar-refractivity contribution in [2.75, 3.05) is 50.6 Å². The molecule has 0 spiro atoms. The number of carbonyl (C=O) groups is 1. The summed E-state index contributed by atoms with van der Waals surface area (Å²) in [6.45, 7) is 2.90. The lowest BCUT2D eigenvalue weighted by atomic mass is 10.2. The van der Waals surface area contributed by atoms with Crippen LogP contribution in [-0.4, -0.2) is 51.3 Å². The molecule has 2 aromatic carbocycles. The van der Waals surface area contributed by atoms with E-state index < -0.39 is 0 Å². The van der Waals surface area contributed by atoms with Crippen LogP contribution in [0.5, 0.6) is 11.5 Å². The molecule has 25 heavy (non-hydrogen) atoms. The highest BCUT2D eigenvalue weighted by molar-refractivity contribution is 5.89. The van der Waals surface area contributed by atoms with Crippen molar-refractivity contribution in [2.24, 2.45) is 0 Å². The van der Waals surface area contributed by atoms with Gasteiger partial charge in [-0.1, -0.05) is 18.2 Å². The van der Waals surface area contributed by atoms with Gasteiger partial charge >= 0.3 is 6.03 Å². The molecule has 132 valence electrons. The number of carbonyl (C=O) groups excluding carboxylic acids is 1. The lowest BCUT2D eigenvalue weighted by molar-refractivity contribution is 0.208. The Balaban J connectivity index is 1.59. The Morgan fingerprint density at radius 3 is 2.24 bits per heavy atom. The van der Waals surface area contributed by atoms with Crippen molar-refractivity contribution in [3.8, 4) is 11.5 Å². The molecule has 3 rings (SSSR count). The van der Waals surface area contributed by atoms with Gasteiger partial charge in [-0.2, -0.15) is 0 Å². The maximum atomic E-state index is 12.4. The molecule has 0 radical (unpaired) electrons. The van der Waals surface area contributed by atoms with E-state index in [2.05, 4.69) is 10.2 Å². The van der Waals surface area contributed by atoms with Gasteiger partial charge in [0.1, 0.15) is 0 Å². The minimum Gasteiger partial charge on any atom is -0.493 e. The van der Waals surface area contributed by atoms with E-state index in [4.69, 9.17) is 9.47 Å². The van der Waals surface area contributed by atoms with Crippen molar-refractivity contribution in [1.29, 1.82) is 0 Å². The molecule has 0 atom stereocenters. The van der Waals surface area contributed by atoms with E-state index in [0.29, 0.717) is 24.6 Å². The van der Waals surface area contributed by atoms with Crippen molar-refractivity contribution < 1.29 is 14.3 Å². The largest absolute Gasteiger partial charge is 0.493 e. The molecule has 0 saturated carbocycles. The van der Waals surface area contributed by atoms with Crippen LogP contribution in [0.1, 0.15) is 0 Å². The SMILES string of the molecule is COc1ccc(N2CCN(C(=O)Nc3ccccc3)CC2)cc1OC. The molecule has 6 nitrogen and oxygen atoms in total. The first-order valence-electron chi connectivity index (χ1n) is 8.29. The van der Waals surface area contributed by atoms with Crippen LogP contribution >= 0.6 is 0 Å². The maximum Gasteiger partial charge on any atom is 0.321 e. The number of benzene rings is 2. The van der Waals surface area contributed by atoms with E-state index in [1.807, 2.05) is 53.4 Å². The van der Waals surface area contributed by atoms with Crippen LogP contribution in [0.4, 0.5) is 16.2 Å². The van der Waals surface area contributed by atoms with Gasteiger partial charge in [-0.25, -0.2) is 4.79 Å². The molecule has 1 N–H and O–H groups in total. The molecule has 0 bridgehead atoms. The predicted octanol–water partition coefficient (Wildman–Crippen LogP) is 3.06. The number of methoxy groups -OCH3 is 2. The minimum absolute atomic E-state index is 0.0573. The highest BCUT2D eigenvalue weighted by atomic mass is 16.5. The van der Waals surface area contributed by atoms with Crippen LogP contribution in [-0.2, 0) is 0 Å². The maximum absolute atomic E-state index is 12.4. The molecule has 0 aliphatic carbocycles. The molecule has 0 aromatic heterocycles. The Bertz CT molecular complexity index is 713. The third-order valence-corrected chi connectivity index (χ3v) is 4.32. The Morgan fingerprint density at radius 2 is 1.60 bits per heavy atom. The number of nitrogens with zero attached hydrogens (tertiary/aromatic N) is 2. The number of hydrogen-bond acceptors (Lipinski definition) is 4. The molecule has 1 saturated heterocycles. The first-order chi connectivity index (χ1) is 12.2. The van der Waals surface area contributed by atoms with Gasteiger partial charge in [0.05, 0.1) is 14.2 Å². The van der Waals surface area contributed by atoms with E-state index in [0.717, 1.165) is 24.5 Å². The molecule has 2 amide bonds. The number of para-hydroxylation sites is 1. The fourth-order valence-electron chi connectivity index (χ4n) is 2.91. The fraction of sp³-hybridized carbons (Fsp3) is 0.316. The van der Waals surface area contributed by atoms with Crippen molar-refractivity contribution in [3.05, 3.63) is 48.5 Å². The molecule has 1 fully saturated rings. The zero-order chi connectivity index (χ0) is 17.6. The van der Waals surface area contributed by atoms with E-state index >= 15 is 0 Å². The molecule has 0 unspecified atom stereocenters. The highest BCUT2D eigenvalue weighted by Gasteiger charge is 2.22. The predicted molar refractivity (Wildman–Crippen MR) is 98.8 cm³/mol.